The minimum absolute atomic E-state index is 0.401. The number of hydrogen-bond donors (Lipinski definition) is 3. The molecule has 1 aromatic heterocycles. The zero-order valence-electron chi connectivity index (χ0n) is 12.1. The number of methoxy groups -OCH3 is 1. The molecule has 4 N–H and O–H groups in total. The monoisotopic (exact) mass is 290 g/mol. The summed E-state index contributed by atoms with van der Waals surface area (Å²) in [4.78, 5) is 11.8. The van der Waals surface area contributed by atoms with Crippen molar-refractivity contribution in [3.8, 4) is 11.5 Å². The first-order valence-corrected chi connectivity index (χ1v) is 6.43. The Balaban J connectivity index is 2.20. The van der Waals surface area contributed by atoms with Gasteiger partial charge >= 0.3 is 0 Å². The summed E-state index contributed by atoms with van der Waals surface area (Å²) in [6.45, 7) is 3.56. The number of amides is 1. The van der Waals surface area contributed by atoms with E-state index in [0.717, 1.165) is 5.75 Å². The van der Waals surface area contributed by atoms with Crippen LogP contribution in [-0.2, 0) is 0 Å². The van der Waals surface area contributed by atoms with Crippen LogP contribution in [-0.4, -0.2) is 23.2 Å². The molecule has 7 nitrogen and oxygen atoms in total. The molecule has 2 rings (SSSR count). The molecule has 1 atom stereocenters. The van der Waals surface area contributed by atoms with Crippen LogP contribution < -0.4 is 20.7 Å². The summed E-state index contributed by atoms with van der Waals surface area (Å²) >= 11 is 0. The van der Waals surface area contributed by atoms with Crippen LogP contribution in [0.5, 0.6) is 11.5 Å². The van der Waals surface area contributed by atoms with E-state index in [2.05, 4.69) is 15.6 Å². The number of rotatable bonds is 5. The molecule has 0 aliphatic carbocycles. The maximum Gasteiger partial charge on any atom is 0.269 e. The fraction of sp³-hybridized carbons (Fsp3) is 0.286. The largest absolute Gasteiger partial charge is 0.497 e. The smallest absolute Gasteiger partial charge is 0.269 e. The molecule has 0 aliphatic heterocycles. The lowest BCUT2D eigenvalue weighted by Gasteiger charge is -2.14. The third kappa shape index (κ3) is 3.14. The van der Waals surface area contributed by atoms with E-state index in [1.54, 1.807) is 38.3 Å². The fourth-order valence-electron chi connectivity index (χ4n) is 2.02. The molecule has 112 valence electrons. The van der Waals surface area contributed by atoms with E-state index in [9.17, 15) is 4.79 Å². The van der Waals surface area contributed by atoms with E-state index >= 15 is 0 Å². The van der Waals surface area contributed by atoms with E-state index in [-0.39, 0.29) is 0 Å². The van der Waals surface area contributed by atoms with E-state index in [1.165, 1.54) is 0 Å². The lowest BCUT2D eigenvalue weighted by molar-refractivity contribution is 0.0948. The molecule has 1 amide bonds. The summed E-state index contributed by atoms with van der Waals surface area (Å²) in [5, 5.41) is 6.89. The standard InChI is InChI=1S/C14H18N4O3/c1-8-12(14(19)16-15)13(18-17-8)9(2)21-11-6-4-10(20-3)5-7-11/h4-7,9H,15H2,1-3H3,(H,16,19)(H,17,18). The lowest BCUT2D eigenvalue weighted by Crippen LogP contribution is -2.31. The van der Waals surface area contributed by atoms with Crippen LogP contribution in [0.15, 0.2) is 24.3 Å². The van der Waals surface area contributed by atoms with Crippen molar-refractivity contribution < 1.29 is 14.3 Å². The van der Waals surface area contributed by atoms with Crippen molar-refractivity contribution in [1.82, 2.24) is 15.6 Å². The third-order valence-electron chi connectivity index (χ3n) is 3.09. The highest BCUT2D eigenvalue weighted by Gasteiger charge is 2.22. The number of nitrogens with two attached hydrogens (primary N) is 1. The molecular formula is C14H18N4O3. The van der Waals surface area contributed by atoms with Crippen molar-refractivity contribution >= 4 is 5.91 Å². The first-order chi connectivity index (χ1) is 10.1. The van der Waals surface area contributed by atoms with Gasteiger partial charge in [-0.25, -0.2) is 5.84 Å². The molecule has 0 saturated heterocycles. The Morgan fingerprint density at radius 2 is 1.95 bits per heavy atom. The molecular weight excluding hydrogens is 272 g/mol. The maximum absolute atomic E-state index is 11.8. The van der Waals surface area contributed by atoms with Crippen LogP contribution in [0, 0.1) is 6.92 Å². The van der Waals surface area contributed by atoms with Gasteiger partial charge in [0.15, 0.2) is 0 Å². The Labute approximate surface area is 122 Å². The van der Waals surface area contributed by atoms with Gasteiger partial charge in [-0.1, -0.05) is 0 Å². The van der Waals surface area contributed by atoms with Gasteiger partial charge in [-0.15, -0.1) is 0 Å². The van der Waals surface area contributed by atoms with Gasteiger partial charge in [0.05, 0.1) is 12.7 Å². The average Bonchev–Trinajstić information content (AvgIpc) is 2.89. The zero-order valence-corrected chi connectivity index (χ0v) is 12.1. The van der Waals surface area contributed by atoms with Crippen molar-refractivity contribution in [1.29, 1.82) is 0 Å². The van der Waals surface area contributed by atoms with Crippen LogP contribution >= 0.6 is 0 Å². The predicted octanol–water partition coefficient (Wildman–Crippen LogP) is 1.47. The van der Waals surface area contributed by atoms with Gasteiger partial charge in [0.1, 0.15) is 23.3 Å². The number of benzene rings is 1. The number of nitrogens with zero attached hydrogens (tertiary/aromatic N) is 1. The van der Waals surface area contributed by atoms with Gasteiger partial charge in [-0.05, 0) is 38.1 Å². The highest BCUT2D eigenvalue weighted by atomic mass is 16.5. The second-order valence-electron chi connectivity index (χ2n) is 4.52. The number of aromatic nitrogens is 2. The summed E-state index contributed by atoms with van der Waals surface area (Å²) in [5.74, 6) is 6.19. The topological polar surface area (TPSA) is 102 Å². The number of H-pyrrole nitrogens is 1. The predicted molar refractivity (Wildman–Crippen MR) is 77.0 cm³/mol. The highest BCUT2D eigenvalue weighted by Crippen LogP contribution is 2.25. The first-order valence-electron chi connectivity index (χ1n) is 6.43. The summed E-state index contributed by atoms with van der Waals surface area (Å²) in [6, 6.07) is 7.17. The maximum atomic E-state index is 11.8. The average molecular weight is 290 g/mol. The second kappa shape index (κ2) is 6.27. The fourth-order valence-corrected chi connectivity index (χ4v) is 2.02. The minimum atomic E-state index is -0.407. The van der Waals surface area contributed by atoms with Crippen LogP contribution in [0.25, 0.3) is 0 Å². The number of hydrazine groups is 1. The SMILES string of the molecule is COc1ccc(OC(C)c2n[nH]c(C)c2C(=O)NN)cc1. The molecule has 1 heterocycles. The van der Waals surface area contributed by atoms with E-state index in [4.69, 9.17) is 15.3 Å². The molecule has 1 unspecified atom stereocenters. The first kappa shape index (κ1) is 14.9. The van der Waals surface area contributed by atoms with Crippen molar-refractivity contribution in [2.75, 3.05) is 7.11 Å². The molecule has 0 aliphatic rings. The van der Waals surface area contributed by atoms with Crippen LogP contribution in [0.4, 0.5) is 0 Å². The summed E-state index contributed by atoms with van der Waals surface area (Å²) in [5.41, 5.74) is 3.66. The Hall–Kier alpha value is -2.54. The summed E-state index contributed by atoms with van der Waals surface area (Å²) < 4.78 is 10.9. The Morgan fingerprint density at radius 1 is 1.33 bits per heavy atom. The summed E-state index contributed by atoms with van der Waals surface area (Å²) in [7, 11) is 1.60. The van der Waals surface area contributed by atoms with Gasteiger partial charge in [0, 0.05) is 5.69 Å². The number of nitrogens with one attached hydrogen (secondary N) is 2. The molecule has 21 heavy (non-hydrogen) atoms. The van der Waals surface area contributed by atoms with Crippen molar-refractivity contribution in [3.63, 3.8) is 0 Å². The van der Waals surface area contributed by atoms with Gasteiger partial charge in [0.25, 0.3) is 5.91 Å². The van der Waals surface area contributed by atoms with Crippen LogP contribution in [0.2, 0.25) is 0 Å². The molecule has 0 radical (unpaired) electrons. The quantitative estimate of drug-likeness (QED) is 0.439. The number of carbonyl (C=O) groups excluding carboxylic acids is 1. The Bertz CT molecular complexity index is 622. The van der Waals surface area contributed by atoms with Crippen molar-refractivity contribution in [2.45, 2.75) is 20.0 Å². The van der Waals surface area contributed by atoms with E-state index in [0.29, 0.717) is 22.7 Å². The normalized spacial score (nSPS) is 11.8. The van der Waals surface area contributed by atoms with Gasteiger partial charge in [0.2, 0.25) is 0 Å². The highest BCUT2D eigenvalue weighted by molar-refractivity contribution is 5.96. The number of hydrogen-bond acceptors (Lipinski definition) is 5. The van der Waals surface area contributed by atoms with E-state index in [1.807, 2.05) is 6.92 Å². The van der Waals surface area contributed by atoms with Gasteiger partial charge in [-0.2, -0.15) is 5.10 Å². The minimum Gasteiger partial charge on any atom is -0.497 e. The summed E-state index contributed by atoms with van der Waals surface area (Å²) in [6.07, 6.45) is -0.407. The number of nitrogen functional groups attached to an aromatic ring is 1. The molecule has 7 heteroatoms. The zero-order chi connectivity index (χ0) is 15.4. The Morgan fingerprint density at radius 3 is 2.52 bits per heavy atom. The Kier molecular flexibility index (Phi) is 4.44. The van der Waals surface area contributed by atoms with Crippen molar-refractivity contribution in [3.05, 3.63) is 41.2 Å². The number of aromatic amines is 1. The molecule has 0 spiro atoms. The van der Waals surface area contributed by atoms with Gasteiger partial charge < -0.3 is 9.47 Å². The number of carbonyl (C=O) groups is 1. The molecule has 0 saturated carbocycles. The molecule has 0 bridgehead atoms. The third-order valence-corrected chi connectivity index (χ3v) is 3.09. The van der Waals surface area contributed by atoms with Gasteiger partial charge in [-0.3, -0.25) is 15.3 Å². The molecule has 0 fully saturated rings. The number of aryl methyl sites for hydroxylation is 1. The van der Waals surface area contributed by atoms with Crippen LogP contribution in [0.1, 0.15) is 34.8 Å². The number of ether oxygens (including phenoxy) is 2. The second-order valence-corrected chi connectivity index (χ2v) is 4.52. The van der Waals surface area contributed by atoms with Crippen molar-refractivity contribution in [2.24, 2.45) is 5.84 Å². The molecule has 1 aromatic carbocycles. The lowest BCUT2D eigenvalue weighted by atomic mass is 10.1. The van der Waals surface area contributed by atoms with E-state index < -0.39 is 12.0 Å². The van der Waals surface area contributed by atoms with Crippen LogP contribution in [0.3, 0.4) is 0 Å². The molecule has 2 aromatic rings.